The van der Waals surface area contributed by atoms with E-state index < -0.39 is 0 Å². The molecular weight excluding hydrogens is 252 g/mol. The highest BCUT2D eigenvalue weighted by molar-refractivity contribution is 5.64. The zero-order chi connectivity index (χ0) is 14.1. The molecule has 0 saturated heterocycles. The number of aromatic nitrogens is 3. The van der Waals surface area contributed by atoms with Crippen LogP contribution in [0.5, 0.6) is 0 Å². The van der Waals surface area contributed by atoms with Crippen LogP contribution in [0.1, 0.15) is 11.3 Å². The quantitative estimate of drug-likeness (QED) is 0.755. The summed E-state index contributed by atoms with van der Waals surface area (Å²) in [5.74, 6) is 0. The summed E-state index contributed by atoms with van der Waals surface area (Å²) in [6.07, 6.45) is 0.542. The van der Waals surface area contributed by atoms with Gasteiger partial charge in [0.25, 0.3) is 5.56 Å². The van der Waals surface area contributed by atoms with Gasteiger partial charge >= 0.3 is 0 Å². The molecule has 102 valence electrons. The third kappa shape index (κ3) is 2.02. The van der Waals surface area contributed by atoms with Gasteiger partial charge in [-0.15, -0.1) is 0 Å². The first-order valence-corrected chi connectivity index (χ1v) is 6.57. The van der Waals surface area contributed by atoms with Crippen LogP contribution in [0.3, 0.4) is 0 Å². The highest BCUT2D eigenvalue weighted by Gasteiger charge is 2.11. The lowest BCUT2D eigenvalue weighted by atomic mass is 10.1. The second kappa shape index (κ2) is 4.94. The van der Waals surface area contributed by atoms with Crippen molar-refractivity contribution in [2.75, 3.05) is 6.54 Å². The second-order valence-corrected chi connectivity index (χ2v) is 4.75. The van der Waals surface area contributed by atoms with Crippen molar-refractivity contribution in [2.45, 2.75) is 13.3 Å². The molecule has 3 aromatic rings. The lowest BCUT2D eigenvalue weighted by Crippen LogP contribution is -2.23. The number of aryl methyl sites for hydroxylation is 1. The van der Waals surface area contributed by atoms with Gasteiger partial charge in [-0.2, -0.15) is 0 Å². The van der Waals surface area contributed by atoms with Crippen LogP contribution in [0.25, 0.3) is 16.9 Å². The van der Waals surface area contributed by atoms with Gasteiger partial charge in [0.1, 0.15) is 0 Å². The number of nitrogens with one attached hydrogen (secondary N) is 1. The van der Waals surface area contributed by atoms with Crippen molar-refractivity contribution in [2.24, 2.45) is 5.73 Å². The van der Waals surface area contributed by atoms with Crippen molar-refractivity contribution in [1.29, 1.82) is 0 Å². The Kier molecular flexibility index (Phi) is 3.12. The van der Waals surface area contributed by atoms with Crippen LogP contribution in [0.15, 0.2) is 41.2 Å². The van der Waals surface area contributed by atoms with Gasteiger partial charge in [0, 0.05) is 17.3 Å². The number of H-pyrrole nitrogens is 1. The lowest BCUT2D eigenvalue weighted by molar-refractivity contribution is 0.835. The number of hydrogen-bond donors (Lipinski definition) is 2. The molecule has 3 N–H and O–H groups in total. The Morgan fingerprint density at radius 3 is 2.75 bits per heavy atom. The smallest absolute Gasteiger partial charge is 0.276 e. The fourth-order valence-electron chi connectivity index (χ4n) is 2.37. The van der Waals surface area contributed by atoms with Crippen LogP contribution in [0, 0.1) is 6.92 Å². The number of aromatic amines is 1. The number of benzene rings is 1. The highest BCUT2D eigenvalue weighted by atomic mass is 16.1. The number of nitrogens with zero attached hydrogens (tertiary/aromatic N) is 2. The normalized spacial score (nSPS) is 11.1. The standard InChI is InChI=1S/C15H16N4O/c1-10-12(7-8-16)15(20)19-14(17-10)9-13(18-19)11-5-3-2-4-6-11/h2-6,9,18H,7-8,16H2,1H3. The Balaban J connectivity index is 2.22. The molecule has 5 nitrogen and oxygen atoms in total. The van der Waals surface area contributed by atoms with Gasteiger partial charge in [-0.05, 0) is 25.5 Å². The summed E-state index contributed by atoms with van der Waals surface area (Å²) in [6, 6.07) is 11.7. The molecule has 0 aliphatic heterocycles. The summed E-state index contributed by atoms with van der Waals surface area (Å²) in [6.45, 7) is 2.29. The Bertz CT molecular complexity index is 802. The number of hydrogen-bond acceptors (Lipinski definition) is 3. The molecule has 0 atom stereocenters. The van der Waals surface area contributed by atoms with Crippen LogP contribution in [0.2, 0.25) is 0 Å². The van der Waals surface area contributed by atoms with Crippen LogP contribution in [-0.4, -0.2) is 21.1 Å². The van der Waals surface area contributed by atoms with Crippen LogP contribution in [-0.2, 0) is 6.42 Å². The molecule has 0 saturated carbocycles. The molecule has 0 radical (unpaired) electrons. The summed E-state index contributed by atoms with van der Waals surface area (Å²) in [7, 11) is 0. The minimum absolute atomic E-state index is 0.0693. The van der Waals surface area contributed by atoms with Gasteiger partial charge in [0.05, 0.1) is 5.69 Å². The molecule has 0 unspecified atom stereocenters. The minimum atomic E-state index is -0.0693. The van der Waals surface area contributed by atoms with E-state index in [1.165, 1.54) is 4.52 Å². The van der Waals surface area contributed by atoms with Crippen molar-refractivity contribution in [3.05, 3.63) is 58.0 Å². The molecule has 0 spiro atoms. The summed E-state index contributed by atoms with van der Waals surface area (Å²) < 4.78 is 1.49. The zero-order valence-electron chi connectivity index (χ0n) is 11.3. The van der Waals surface area contributed by atoms with Crippen LogP contribution < -0.4 is 11.3 Å². The maximum atomic E-state index is 12.4. The van der Waals surface area contributed by atoms with E-state index in [1.807, 2.05) is 43.3 Å². The predicted octanol–water partition coefficient (Wildman–Crippen LogP) is 1.50. The van der Waals surface area contributed by atoms with Crippen molar-refractivity contribution < 1.29 is 0 Å². The molecule has 20 heavy (non-hydrogen) atoms. The molecule has 2 heterocycles. The van der Waals surface area contributed by atoms with Crippen molar-refractivity contribution in [1.82, 2.24) is 14.6 Å². The van der Waals surface area contributed by atoms with Gasteiger partial charge < -0.3 is 5.73 Å². The third-order valence-corrected chi connectivity index (χ3v) is 3.39. The highest BCUT2D eigenvalue weighted by Crippen LogP contribution is 2.18. The maximum Gasteiger partial charge on any atom is 0.276 e. The fourth-order valence-corrected chi connectivity index (χ4v) is 2.37. The van der Waals surface area contributed by atoms with E-state index in [0.29, 0.717) is 24.2 Å². The number of rotatable bonds is 3. The van der Waals surface area contributed by atoms with E-state index in [9.17, 15) is 4.79 Å². The maximum absolute atomic E-state index is 12.4. The SMILES string of the molecule is Cc1nc2cc(-c3ccccc3)[nH]n2c(=O)c1CCN. The van der Waals surface area contributed by atoms with E-state index in [0.717, 1.165) is 17.0 Å². The summed E-state index contributed by atoms with van der Waals surface area (Å²) in [5, 5.41) is 3.11. The van der Waals surface area contributed by atoms with Gasteiger partial charge in [-0.25, -0.2) is 9.50 Å². The molecule has 0 aliphatic carbocycles. The molecule has 0 bridgehead atoms. The first-order valence-electron chi connectivity index (χ1n) is 6.57. The van der Waals surface area contributed by atoms with Crippen molar-refractivity contribution >= 4 is 5.65 Å². The van der Waals surface area contributed by atoms with E-state index in [2.05, 4.69) is 10.1 Å². The third-order valence-electron chi connectivity index (χ3n) is 3.39. The summed E-state index contributed by atoms with van der Waals surface area (Å²) >= 11 is 0. The Hall–Kier alpha value is -2.40. The Morgan fingerprint density at radius 1 is 1.30 bits per heavy atom. The predicted molar refractivity (Wildman–Crippen MR) is 78.7 cm³/mol. The average Bonchev–Trinajstić information content (AvgIpc) is 2.88. The topological polar surface area (TPSA) is 76.2 Å². The molecule has 1 aromatic carbocycles. The molecule has 0 aliphatic rings. The molecule has 3 rings (SSSR count). The van der Waals surface area contributed by atoms with E-state index in [-0.39, 0.29) is 5.56 Å². The summed E-state index contributed by atoms with van der Waals surface area (Å²) in [5.41, 5.74) is 9.43. The molecule has 5 heteroatoms. The summed E-state index contributed by atoms with van der Waals surface area (Å²) in [4.78, 5) is 16.9. The minimum Gasteiger partial charge on any atom is -0.330 e. The van der Waals surface area contributed by atoms with E-state index in [1.54, 1.807) is 0 Å². The zero-order valence-corrected chi connectivity index (χ0v) is 11.3. The van der Waals surface area contributed by atoms with Crippen molar-refractivity contribution in [3.8, 4) is 11.3 Å². The molecule has 0 amide bonds. The van der Waals surface area contributed by atoms with Crippen LogP contribution >= 0.6 is 0 Å². The number of fused-ring (bicyclic) bond motifs is 1. The molecule has 0 fully saturated rings. The molecule has 2 aromatic heterocycles. The Morgan fingerprint density at radius 2 is 2.05 bits per heavy atom. The largest absolute Gasteiger partial charge is 0.330 e. The van der Waals surface area contributed by atoms with Crippen LogP contribution in [0.4, 0.5) is 0 Å². The van der Waals surface area contributed by atoms with Gasteiger partial charge in [-0.1, -0.05) is 30.3 Å². The Labute approximate surface area is 116 Å². The number of nitrogens with two attached hydrogens (primary N) is 1. The lowest BCUT2D eigenvalue weighted by Gasteiger charge is -2.03. The molecular formula is C15H16N4O. The van der Waals surface area contributed by atoms with Gasteiger partial charge in [0.15, 0.2) is 5.65 Å². The monoisotopic (exact) mass is 268 g/mol. The van der Waals surface area contributed by atoms with E-state index in [4.69, 9.17) is 5.73 Å². The average molecular weight is 268 g/mol. The van der Waals surface area contributed by atoms with Crippen molar-refractivity contribution in [3.63, 3.8) is 0 Å². The first-order chi connectivity index (χ1) is 9.70. The van der Waals surface area contributed by atoms with E-state index >= 15 is 0 Å². The first kappa shape index (κ1) is 12.6. The second-order valence-electron chi connectivity index (χ2n) is 4.75. The van der Waals surface area contributed by atoms with Gasteiger partial charge in [0.2, 0.25) is 0 Å². The van der Waals surface area contributed by atoms with Gasteiger partial charge in [-0.3, -0.25) is 9.89 Å². The fraction of sp³-hybridized carbons (Fsp3) is 0.200.